The van der Waals surface area contributed by atoms with Gasteiger partial charge in [-0.1, -0.05) is 99.9 Å². The van der Waals surface area contributed by atoms with Crippen molar-refractivity contribution in [3.8, 4) is 0 Å². The summed E-state index contributed by atoms with van der Waals surface area (Å²) in [7, 11) is 0.355. The summed E-state index contributed by atoms with van der Waals surface area (Å²) in [6, 6.07) is 1.63. The van der Waals surface area contributed by atoms with Gasteiger partial charge in [-0.2, -0.15) is 0 Å². The van der Waals surface area contributed by atoms with Crippen LogP contribution >= 0.6 is 0 Å². The van der Waals surface area contributed by atoms with Crippen molar-refractivity contribution in [1.82, 2.24) is 0 Å². The van der Waals surface area contributed by atoms with Crippen LogP contribution in [0.5, 0.6) is 0 Å². The highest BCUT2D eigenvalue weighted by molar-refractivity contribution is 6.37. The summed E-state index contributed by atoms with van der Waals surface area (Å²) in [5.41, 5.74) is 4.23. The largest absolute Gasteiger partial charge is 0.0801 e. The Hall–Kier alpha value is -0.823. The summed E-state index contributed by atoms with van der Waals surface area (Å²) in [5.74, 6) is 0. The Labute approximate surface area is 133 Å². The lowest BCUT2D eigenvalue weighted by Gasteiger charge is -2.20. The third-order valence-electron chi connectivity index (χ3n) is 4.90. The number of hydrogen-bond donors (Lipinski definition) is 0. The molecule has 0 spiro atoms. The molecule has 0 unspecified atom stereocenters. The van der Waals surface area contributed by atoms with Gasteiger partial charge in [-0.15, -0.1) is 0 Å². The maximum absolute atomic E-state index is 2.31. The van der Waals surface area contributed by atoms with E-state index in [0.717, 1.165) is 12.8 Å². The van der Waals surface area contributed by atoms with Crippen LogP contribution in [0.15, 0.2) is 47.6 Å². The molecule has 3 rings (SSSR count). The zero-order valence-electron chi connectivity index (χ0n) is 13.8. The van der Waals surface area contributed by atoms with Crippen molar-refractivity contribution in [3.63, 3.8) is 0 Å². The molecule has 0 aromatic heterocycles. The van der Waals surface area contributed by atoms with Gasteiger partial charge in [0.05, 0.1) is 0 Å². The minimum atomic E-state index is 0.355. The number of unbranched alkanes of at least 4 members (excludes halogenated alkanes) is 1. The first-order chi connectivity index (χ1) is 10.4. The lowest BCUT2D eigenvalue weighted by molar-refractivity contribution is 0.499. The molecule has 3 aliphatic rings. The van der Waals surface area contributed by atoms with Crippen LogP contribution in [0.4, 0.5) is 0 Å². The van der Waals surface area contributed by atoms with Crippen molar-refractivity contribution in [1.29, 1.82) is 0 Å². The summed E-state index contributed by atoms with van der Waals surface area (Å²) < 4.78 is 0. The Balaban J connectivity index is 0.000000154. The van der Waals surface area contributed by atoms with Gasteiger partial charge in [0.25, 0.3) is 0 Å². The van der Waals surface area contributed by atoms with E-state index < -0.39 is 0 Å². The highest BCUT2D eigenvalue weighted by Crippen LogP contribution is 2.28. The molecule has 0 amide bonds. The van der Waals surface area contributed by atoms with Crippen LogP contribution in [0.1, 0.15) is 64.7 Å². The number of rotatable bonds is 5. The maximum Gasteiger partial charge on any atom is 0.0231 e. The molecule has 0 aromatic rings. The average Bonchev–Trinajstić information content (AvgIpc) is 3.22. The predicted octanol–water partition coefficient (Wildman–Crippen LogP) is 5.89. The van der Waals surface area contributed by atoms with Crippen LogP contribution in [0, 0.1) is 0 Å². The van der Waals surface area contributed by atoms with Crippen molar-refractivity contribution in [2.45, 2.75) is 76.3 Å². The van der Waals surface area contributed by atoms with Gasteiger partial charge in [-0.3, -0.25) is 0 Å². The van der Waals surface area contributed by atoms with E-state index in [0.29, 0.717) is 9.52 Å². The smallest absolute Gasteiger partial charge is 0.0231 e. The van der Waals surface area contributed by atoms with Crippen molar-refractivity contribution >= 4 is 9.52 Å². The zero-order chi connectivity index (χ0) is 14.8. The predicted molar refractivity (Wildman–Crippen MR) is 98.8 cm³/mol. The van der Waals surface area contributed by atoms with E-state index in [-0.39, 0.29) is 0 Å². The molecule has 0 nitrogen and oxygen atoms in total. The van der Waals surface area contributed by atoms with Gasteiger partial charge in [-0.05, 0) is 24.0 Å². The van der Waals surface area contributed by atoms with Crippen LogP contribution < -0.4 is 0 Å². The summed E-state index contributed by atoms with van der Waals surface area (Å²) in [4.78, 5) is 0. The molecule has 1 saturated carbocycles. The molecule has 0 radical (unpaired) electrons. The van der Waals surface area contributed by atoms with Crippen molar-refractivity contribution in [3.05, 3.63) is 47.6 Å². The van der Waals surface area contributed by atoms with Crippen LogP contribution in [-0.4, -0.2) is 9.52 Å². The summed E-state index contributed by atoms with van der Waals surface area (Å²) in [6.45, 7) is 2.31. The van der Waals surface area contributed by atoms with Gasteiger partial charge in [0.1, 0.15) is 0 Å². The van der Waals surface area contributed by atoms with Crippen LogP contribution in [0.2, 0.25) is 11.6 Å². The molecule has 0 N–H and O–H groups in total. The topological polar surface area (TPSA) is 0 Å². The first kappa shape index (κ1) is 16.5. The molecule has 1 heteroatoms. The Morgan fingerprint density at radius 2 is 1.57 bits per heavy atom. The van der Waals surface area contributed by atoms with Crippen LogP contribution in [0.25, 0.3) is 0 Å². The van der Waals surface area contributed by atoms with E-state index in [2.05, 4.69) is 43.4 Å². The van der Waals surface area contributed by atoms with Gasteiger partial charge >= 0.3 is 0 Å². The Bertz CT molecular complexity index is 378. The monoisotopic (exact) mass is 300 g/mol. The van der Waals surface area contributed by atoms with Gasteiger partial charge in [0.15, 0.2) is 0 Å². The molecule has 0 atom stereocenters. The van der Waals surface area contributed by atoms with Crippen molar-refractivity contribution in [2.75, 3.05) is 0 Å². The standard InChI is InChI=1S/C10H22Si.C10H10/c1-2-3-9-11-10-7-5-4-6-8-10;1-2-6-9(5-1)10-7-3-4-8-10/h10H,2-9,11H2,1H3;1-5,7H,6,8H2. The molecule has 0 aromatic carbocycles. The van der Waals surface area contributed by atoms with E-state index in [1.54, 1.807) is 31.7 Å². The molecular weight excluding hydrogens is 268 g/mol. The summed E-state index contributed by atoms with van der Waals surface area (Å²) >= 11 is 0. The van der Waals surface area contributed by atoms with E-state index in [1.165, 1.54) is 35.9 Å². The maximum atomic E-state index is 2.31. The molecule has 0 aliphatic heterocycles. The Morgan fingerprint density at radius 1 is 0.952 bits per heavy atom. The van der Waals surface area contributed by atoms with Crippen molar-refractivity contribution < 1.29 is 0 Å². The van der Waals surface area contributed by atoms with Gasteiger partial charge < -0.3 is 0 Å². The van der Waals surface area contributed by atoms with Crippen LogP contribution in [-0.2, 0) is 0 Å². The quantitative estimate of drug-likeness (QED) is 0.439. The Morgan fingerprint density at radius 3 is 2.05 bits per heavy atom. The first-order valence-electron chi connectivity index (χ1n) is 9.12. The molecule has 1 fully saturated rings. The van der Waals surface area contributed by atoms with E-state index in [4.69, 9.17) is 0 Å². The van der Waals surface area contributed by atoms with Crippen LogP contribution in [0.3, 0.4) is 0 Å². The second kappa shape index (κ2) is 10.00. The molecular formula is C20H32Si. The molecule has 3 aliphatic carbocycles. The fourth-order valence-electron chi connectivity index (χ4n) is 3.53. The fraction of sp³-hybridized carbons (Fsp3) is 0.600. The van der Waals surface area contributed by atoms with Crippen molar-refractivity contribution in [2.24, 2.45) is 0 Å². The van der Waals surface area contributed by atoms with E-state index in [1.807, 2.05) is 0 Å². The minimum absolute atomic E-state index is 0.355. The molecule has 116 valence electrons. The zero-order valence-corrected chi connectivity index (χ0v) is 15.2. The van der Waals surface area contributed by atoms with Gasteiger partial charge in [0, 0.05) is 9.52 Å². The van der Waals surface area contributed by atoms with Gasteiger partial charge in [-0.25, -0.2) is 0 Å². The minimum Gasteiger partial charge on any atom is -0.0801 e. The highest BCUT2D eigenvalue weighted by atomic mass is 28.2. The lowest BCUT2D eigenvalue weighted by atomic mass is 10.0. The molecule has 0 bridgehead atoms. The van der Waals surface area contributed by atoms with Gasteiger partial charge in [0.2, 0.25) is 0 Å². The van der Waals surface area contributed by atoms with E-state index >= 15 is 0 Å². The third-order valence-corrected chi connectivity index (χ3v) is 7.44. The average molecular weight is 301 g/mol. The normalized spacial score (nSPS) is 21.6. The number of allylic oxidation sites excluding steroid dienone is 8. The lowest BCUT2D eigenvalue weighted by Crippen LogP contribution is -2.07. The Kier molecular flexibility index (Phi) is 7.88. The first-order valence-corrected chi connectivity index (χ1v) is 10.9. The fourth-order valence-corrected chi connectivity index (χ4v) is 6.05. The SMILES string of the molecule is C1=CCC(C2=CC=CC2)=C1.CCCC[SiH2]C1CCCCC1. The molecule has 0 saturated heterocycles. The molecule has 0 heterocycles. The molecule has 21 heavy (non-hydrogen) atoms. The highest BCUT2D eigenvalue weighted by Gasteiger charge is 2.12. The summed E-state index contributed by atoms with van der Waals surface area (Å²) in [6.07, 6.45) is 26.1. The van der Waals surface area contributed by atoms with E-state index in [9.17, 15) is 0 Å². The second-order valence-corrected chi connectivity index (χ2v) is 9.09. The third kappa shape index (κ3) is 6.21. The number of hydrogen-bond acceptors (Lipinski definition) is 0. The summed E-state index contributed by atoms with van der Waals surface area (Å²) in [5, 5.41) is 0. The second-order valence-electron chi connectivity index (χ2n) is 6.65.